The van der Waals surface area contributed by atoms with Gasteiger partial charge in [-0.15, -0.1) is 0 Å². The van der Waals surface area contributed by atoms with Gasteiger partial charge in [-0.25, -0.2) is 9.71 Å². The molecule has 4 nitrogen and oxygen atoms in total. The van der Waals surface area contributed by atoms with Gasteiger partial charge in [0.1, 0.15) is 5.82 Å². The summed E-state index contributed by atoms with van der Waals surface area (Å²) in [5, 5.41) is 3.13. The maximum Gasteiger partial charge on any atom is 0.358 e. The second-order valence-electron chi connectivity index (χ2n) is 5.12. The third-order valence-electron chi connectivity index (χ3n) is 3.55. The van der Waals surface area contributed by atoms with Gasteiger partial charge >= 0.3 is 11.9 Å². The number of nitrogens with one attached hydrogen (secondary N) is 2. The van der Waals surface area contributed by atoms with Crippen molar-refractivity contribution in [3.8, 4) is 0 Å². The highest BCUT2D eigenvalue weighted by Gasteiger charge is 2.32. The van der Waals surface area contributed by atoms with Crippen LogP contribution in [-0.4, -0.2) is 29.9 Å². The van der Waals surface area contributed by atoms with E-state index in [1.54, 1.807) is 17.0 Å². The van der Waals surface area contributed by atoms with Crippen LogP contribution in [0.4, 0.5) is 10.1 Å². The van der Waals surface area contributed by atoms with Crippen molar-refractivity contribution >= 4 is 17.6 Å². The van der Waals surface area contributed by atoms with Crippen LogP contribution in [0, 0.1) is 5.82 Å². The lowest BCUT2D eigenvalue weighted by Crippen LogP contribution is -2.72. The third-order valence-corrected chi connectivity index (χ3v) is 3.55. The molecule has 3 rings (SSSR count). The molecule has 0 aromatic heterocycles. The van der Waals surface area contributed by atoms with Crippen molar-refractivity contribution in [1.29, 1.82) is 0 Å². The van der Waals surface area contributed by atoms with Gasteiger partial charge in [-0.3, -0.25) is 9.79 Å². The lowest BCUT2D eigenvalue weighted by molar-refractivity contribution is -0.438. The average molecular weight is 298 g/mol. The Morgan fingerprint density at radius 1 is 1.09 bits per heavy atom. The molecular formula is C17H17FN3O+. The predicted molar refractivity (Wildman–Crippen MR) is 82.7 cm³/mol. The van der Waals surface area contributed by atoms with E-state index in [9.17, 15) is 9.18 Å². The highest BCUT2D eigenvalue weighted by Crippen LogP contribution is 2.09. The van der Waals surface area contributed by atoms with Crippen molar-refractivity contribution in [2.45, 2.75) is 6.42 Å². The molecule has 0 radical (unpaired) electrons. The molecule has 0 fully saturated rings. The zero-order valence-corrected chi connectivity index (χ0v) is 12.1. The van der Waals surface area contributed by atoms with Crippen LogP contribution < -0.4 is 10.3 Å². The first-order valence-electron chi connectivity index (χ1n) is 7.20. The Hall–Kier alpha value is -2.69. The minimum absolute atomic E-state index is 0.0283. The first-order chi connectivity index (χ1) is 10.7. The Morgan fingerprint density at radius 3 is 2.55 bits per heavy atom. The van der Waals surface area contributed by atoms with Crippen molar-refractivity contribution < 1.29 is 14.2 Å². The molecule has 0 saturated heterocycles. The molecule has 2 aromatic rings. The van der Waals surface area contributed by atoms with Crippen LogP contribution in [0.15, 0.2) is 54.6 Å². The van der Waals surface area contributed by atoms with E-state index in [-0.39, 0.29) is 18.3 Å². The number of hydrogen-bond acceptors (Lipinski definition) is 2. The van der Waals surface area contributed by atoms with Gasteiger partial charge in [0.05, 0.1) is 12.2 Å². The minimum Gasteiger partial charge on any atom is -0.266 e. The summed E-state index contributed by atoms with van der Waals surface area (Å²) in [6.45, 7) is 0.873. The molecule has 0 saturated carbocycles. The van der Waals surface area contributed by atoms with Crippen LogP contribution >= 0.6 is 0 Å². The molecule has 0 unspecified atom stereocenters. The normalized spacial score (nSPS) is 14.1. The largest absolute Gasteiger partial charge is 0.358 e. The number of halogens is 1. The Balaban J connectivity index is 1.65. The molecule has 0 bridgehead atoms. The van der Waals surface area contributed by atoms with E-state index in [1.807, 2.05) is 30.3 Å². The summed E-state index contributed by atoms with van der Waals surface area (Å²) in [5.74, 6) is 0.389. The van der Waals surface area contributed by atoms with Crippen molar-refractivity contribution in [2.75, 3.05) is 18.4 Å². The van der Waals surface area contributed by atoms with Crippen LogP contribution in [0.5, 0.6) is 0 Å². The number of guanidine groups is 1. The number of benzene rings is 2. The van der Waals surface area contributed by atoms with Crippen LogP contribution in [0.1, 0.15) is 5.56 Å². The van der Waals surface area contributed by atoms with E-state index >= 15 is 0 Å². The van der Waals surface area contributed by atoms with Gasteiger partial charge in [-0.1, -0.05) is 30.3 Å². The number of carbonyl (C=O) groups is 1. The average Bonchev–Trinajstić information content (AvgIpc) is 2.89. The zero-order chi connectivity index (χ0) is 15.4. The first kappa shape index (κ1) is 14.3. The van der Waals surface area contributed by atoms with Crippen LogP contribution in [0.25, 0.3) is 0 Å². The highest BCUT2D eigenvalue weighted by atomic mass is 19.1. The molecule has 0 spiro atoms. The molecule has 1 amide bonds. The van der Waals surface area contributed by atoms with Gasteiger partial charge in [0.25, 0.3) is 0 Å². The van der Waals surface area contributed by atoms with Gasteiger partial charge in [-0.05, 0) is 29.8 Å². The zero-order valence-electron chi connectivity index (χ0n) is 12.1. The molecule has 1 aliphatic heterocycles. The summed E-state index contributed by atoms with van der Waals surface area (Å²) in [7, 11) is 0. The van der Waals surface area contributed by atoms with E-state index in [0.29, 0.717) is 12.5 Å². The summed E-state index contributed by atoms with van der Waals surface area (Å²) < 4.78 is 12.9. The van der Waals surface area contributed by atoms with Gasteiger partial charge < -0.3 is 0 Å². The first-order valence-corrected chi connectivity index (χ1v) is 7.20. The van der Waals surface area contributed by atoms with Gasteiger partial charge in [0, 0.05) is 6.42 Å². The van der Waals surface area contributed by atoms with E-state index in [2.05, 4.69) is 10.3 Å². The fourth-order valence-electron chi connectivity index (χ4n) is 2.38. The predicted octanol–water partition coefficient (Wildman–Crippen LogP) is 0.759. The Labute approximate surface area is 128 Å². The Morgan fingerprint density at radius 2 is 1.82 bits per heavy atom. The standard InChI is InChI=1S/C17H16FN3O/c18-14-6-8-15(9-7-14)20-17-19-12-16(22)21(17)11-10-13-4-2-1-3-5-13/h1-9H,10-12H2,(H,19,20)/p+1. The smallest absolute Gasteiger partial charge is 0.266 e. The SMILES string of the molecule is O=C1C[NH+]=C(Nc2ccc(F)cc2)N1CCc1ccccc1. The molecular weight excluding hydrogens is 281 g/mol. The van der Waals surface area contributed by atoms with Crippen molar-refractivity contribution in [3.63, 3.8) is 0 Å². The van der Waals surface area contributed by atoms with Crippen molar-refractivity contribution in [3.05, 3.63) is 66.0 Å². The van der Waals surface area contributed by atoms with Crippen LogP contribution in [-0.2, 0) is 11.2 Å². The number of hydrogen-bond donors (Lipinski definition) is 2. The molecule has 2 N–H and O–H groups in total. The lowest BCUT2D eigenvalue weighted by atomic mass is 10.1. The summed E-state index contributed by atoms with van der Waals surface area (Å²) >= 11 is 0. The summed E-state index contributed by atoms with van der Waals surface area (Å²) in [5.41, 5.74) is 1.92. The molecule has 22 heavy (non-hydrogen) atoms. The molecule has 0 aliphatic carbocycles. The van der Waals surface area contributed by atoms with Crippen LogP contribution in [0.3, 0.4) is 0 Å². The highest BCUT2D eigenvalue weighted by molar-refractivity contribution is 6.04. The third kappa shape index (κ3) is 3.31. The quantitative estimate of drug-likeness (QED) is 0.875. The second kappa shape index (κ2) is 6.39. The number of rotatable bonds is 4. The summed E-state index contributed by atoms with van der Waals surface area (Å²) in [6, 6.07) is 16.1. The fraction of sp³-hybridized carbons (Fsp3) is 0.176. The number of amides is 1. The number of anilines is 1. The van der Waals surface area contributed by atoms with Crippen LogP contribution in [0.2, 0.25) is 0 Å². The molecule has 2 aromatic carbocycles. The maximum absolute atomic E-state index is 12.9. The van der Waals surface area contributed by atoms with Gasteiger partial charge in [0.15, 0.2) is 6.54 Å². The van der Waals surface area contributed by atoms with Crippen molar-refractivity contribution in [1.82, 2.24) is 4.90 Å². The molecule has 1 aliphatic rings. The maximum atomic E-state index is 12.9. The summed E-state index contributed by atoms with van der Waals surface area (Å²) in [4.78, 5) is 16.7. The number of carbonyl (C=O) groups excluding carboxylic acids is 1. The lowest BCUT2D eigenvalue weighted by Gasteiger charge is -2.12. The topological polar surface area (TPSA) is 46.3 Å². The summed E-state index contributed by atoms with van der Waals surface area (Å²) in [6.07, 6.45) is 0.781. The van der Waals surface area contributed by atoms with Gasteiger partial charge in [-0.2, -0.15) is 4.90 Å². The van der Waals surface area contributed by atoms with E-state index in [1.165, 1.54) is 17.7 Å². The second-order valence-corrected chi connectivity index (χ2v) is 5.12. The van der Waals surface area contributed by atoms with Crippen molar-refractivity contribution in [2.24, 2.45) is 0 Å². The van der Waals surface area contributed by atoms with Gasteiger partial charge in [0.2, 0.25) is 0 Å². The molecule has 1 heterocycles. The molecule has 0 atom stereocenters. The number of nitrogens with zero attached hydrogens (tertiary/aromatic N) is 1. The molecule has 112 valence electrons. The van der Waals surface area contributed by atoms with E-state index < -0.39 is 0 Å². The minimum atomic E-state index is -0.285. The van der Waals surface area contributed by atoms with E-state index in [4.69, 9.17) is 0 Å². The fourth-order valence-corrected chi connectivity index (χ4v) is 2.38. The Bertz CT molecular complexity index is 683. The molecule has 5 heteroatoms. The monoisotopic (exact) mass is 298 g/mol. The Kier molecular flexibility index (Phi) is 4.14. The van der Waals surface area contributed by atoms with E-state index in [0.717, 1.165) is 12.1 Å².